The van der Waals surface area contributed by atoms with Gasteiger partial charge >= 0.3 is 0 Å². The number of hydrogen-bond acceptors (Lipinski definition) is 1. The van der Waals surface area contributed by atoms with E-state index in [1.54, 1.807) is 18.2 Å². The van der Waals surface area contributed by atoms with E-state index in [9.17, 15) is 4.39 Å². The highest BCUT2D eigenvalue weighted by atomic mass is 79.9. The molecule has 0 bridgehead atoms. The minimum atomic E-state index is -0.741. The lowest BCUT2D eigenvalue weighted by Crippen LogP contribution is -2.36. The third kappa shape index (κ3) is 3.34. The van der Waals surface area contributed by atoms with Gasteiger partial charge in [0.25, 0.3) is 0 Å². The van der Waals surface area contributed by atoms with E-state index in [-0.39, 0.29) is 5.02 Å². The molecular weight excluding hydrogens is 364 g/mol. The van der Waals surface area contributed by atoms with Crippen LogP contribution in [0.15, 0.2) is 40.9 Å². The van der Waals surface area contributed by atoms with Crippen LogP contribution in [0, 0.1) is 5.82 Å². The van der Waals surface area contributed by atoms with E-state index >= 15 is 0 Å². The van der Waals surface area contributed by atoms with Gasteiger partial charge in [0, 0.05) is 15.0 Å². The molecule has 0 aromatic heterocycles. The fourth-order valence-corrected chi connectivity index (χ4v) is 3.21. The van der Waals surface area contributed by atoms with Gasteiger partial charge in [-0.15, -0.1) is 0 Å². The average Bonchev–Trinajstić information content (AvgIpc) is 2.34. The Kier molecular flexibility index (Phi) is 4.75. The molecule has 106 valence electrons. The lowest BCUT2D eigenvalue weighted by Gasteiger charge is -2.27. The number of nitrogens with two attached hydrogens (primary N) is 1. The highest BCUT2D eigenvalue weighted by molar-refractivity contribution is 9.10. The van der Waals surface area contributed by atoms with E-state index in [4.69, 9.17) is 28.9 Å². The standard InChI is InChI=1S/C15H13BrCl2FN/c1-15(20,11-6-5-10(16)7-12(11)17)8-9-3-2-4-13(19)14(9)18/h2-7H,8,20H2,1H3. The molecule has 0 fully saturated rings. The summed E-state index contributed by atoms with van der Waals surface area (Å²) in [7, 11) is 0. The molecule has 0 amide bonds. The molecule has 0 heterocycles. The Morgan fingerprint density at radius 1 is 1.25 bits per heavy atom. The molecule has 1 atom stereocenters. The molecule has 5 heteroatoms. The first-order valence-electron chi connectivity index (χ1n) is 5.98. The average molecular weight is 377 g/mol. The van der Waals surface area contributed by atoms with E-state index < -0.39 is 11.4 Å². The molecule has 0 aliphatic heterocycles. The van der Waals surface area contributed by atoms with Crippen molar-refractivity contribution < 1.29 is 4.39 Å². The van der Waals surface area contributed by atoms with Crippen LogP contribution in [0.3, 0.4) is 0 Å². The van der Waals surface area contributed by atoms with Crippen LogP contribution < -0.4 is 5.73 Å². The van der Waals surface area contributed by atoms with Gasteiger partial charge in [0.05, 0.1) is 5.02 Å². The van der Waals surface area contributed by atoms with Crippen LogP contribution >= 0.6 is 39.1 Å². The van der Waals surface area contributed by atoms with Gasteiger partial charge in [-0.25, -0.2) is 4.39 Å². The molecule has 1 nitrogen and oxygen atoms in total. The molecule has 2 aromatic carbocycles. The van der Waals surface area contributed by atoms with Crippen molar-refractivity contribution >= 4 is 39.1 Å². The van der Waals surface area contributed by atoms with E-state index in [0.29, 0.717) is 17.0 Å². The summed E-state index contributed by atoms with van der Waals surface area (Å²) in [6.45, 7) is 1.85. The van der Waals surface area contributed by atoms with Crippen LogP contribution in [0.5, 0.6) is 0 Å². The van der Waals surface area contributed by atoms with Crippen molar-refractivity contribution in [2.45, 2.75) is 18.9 Å². The number of halogens is 4. The van der Waals surface area contributed by atoms with Gasteiger partial charge < -0.3 is 5.73 Å². The zero-order chi connectivity index (χ0) is 14.9. The van der Waals surface area contributed by atoms with Gasteiger partial charge in [-0.1, -0.05) is 57.3 Å². The molecule has 1 unspecified atom stereocenters. The SMILES string of the molecule is CC(N)(Cc1cccc(F)c1Cl)c1ccc(Br)cc1Cl. The molecule has 2 N–H and O–H groups in total. The summed E-state index contributed by atoms with van der Waals surface area (Å²) < 4.78 is 14.4. The summed E-state index contributed by atoms with van der Waals surface area (Å²) in [4.78, 5) is 0. The Bertz CT molecular complexity index is 644. The van der Waals surface area contributed by atoms with Crippen molar-refractivity contribution in [1.29, 1.82) is 0 Å². The lowest BCUT2D eigenvalue weighted by atomic mass is 9.86. The largest absolute Gasteiger partial charge is 0.321 e. The van der Waals surface area contributed by atoms with Gasteiger partial charge in [-0.05, 0) is 42.7 Å². The van der Waals surface area contributed by atoms with Crippen LogP contribution in [-0.2, 0) is 12.0 Å². The number of benzene rings is 2. The zero-order valence-corrected chi connectivity index (χ0v) is 13.9. The summed E-state index contributed by atoms with van der Waals surface area (Å²) in [5.74, 6) is -0.443. The maximum atomic E-state index is 13.5. The summed E-state index contributed by atoms with van der Waals surface area (Å²) >= 11 is 15.6. The van der Waals surface area contributed by atoms with Gasteiger partial charge in [-0.2, -0.15) is 0 Å². The predicted molar refractivity (Wildman–Crippen MR) is 85.8 cm³/mol. The first-order chi connectivity index (χ1) is 9.31. The van der Waals surface area contributed by atoms with Crippen molar-refractivity contribution in [1.82, 2.24) is 0 Å². The fraction of sp³-hybridized carbons (Fsp3) is 0.200. The van der Waals surface area contributed by atoms with Crippen molar-refractivity contribution in [3.05, 3.63) is 67.9 Å². The van der Waals surface area contributed by atoms with E-state index in [1.165, 1.54) is 6.07 Å². The van der Waals surface area contributed by atoms with Crippen molar-refractivity contribution in [2.75, 3.05) is 0 Å². The first-order valence-corrected chi connectivity index (χ1v) is 7.53. The van der Waals surface area contributed by atoms with E-state index in [0.717, 1.165) is 10.0 Å². The Balaban J connectivity index is 2.38. The number of hydrogen-bond donors (Lipinski definition) is 1. The topological polar surface area (TPSA) is 26.0 Å². The second-order valence-electron chi connectivity index (χ2n) is 4.93. The molecule has 2 aromatic rings. The van der Waals surface area contributed by atoms with Crippen LogP contribution in [0.1, 0.15) is 18.1 Å². The van der Waals surface area contributed by atoms with Crippen LogP contribution in [0.25, 0.3) is 0 Å². The maximum absolute atomic E-state index is 13.5. The van der Waals surface area contributed by atoms with Gasteiger partial charge in [-0.3, -0.25) is 0 Å². The molecule has 0 radical (unpaired) electrons. The van der Waals surface area contributed by atoms with E-state index in [2.05, 4.69) is 15.9 Å². The van der Waals surface area contributed by atoms with E-state index in [1.807, 2.05) is 19.1 Å². The Hall–Kier alpha value is -0.610. The summed E-state index contributed by atoms with van der Waals surface area (Å²) in [6, 6.07) is 10.2. The van der Waals surface area contributed by atoms with Gasteiger partial charge in [0.15, 0.2) is 0 Å². The quantitative estimate of drug-likeness (QED) is 0.771. The van der Waals surface area contributed by atoms with Crippen LogP contribution in [0.4, 0.5) is 4.39 Å². The predicted octanol–water partition coefficient (Wildman–Crippen LogP) is 5.31. The highest BCUT2D eigenvalue weighted by Gasteiger charge is 2.26. The van der Waals surface area contributed by atoms with Gasteiger partial charge in [0.1, 0.15) is 5.82 Å². The minimum absolute atomic E-state index is 0.109. The number of rotatable bonds is 3. The lowest BCUT2D eigenvalue weighted by molar-refractivity contribution is 0.490. The third-order valence-corrected chi connectivity index (χ3v) is 4.36. The van der Waals surface area contributed by atoms with Crippen molar-refractivity contribution in [3.63, 3.8) is 0 Å². The van der Waals surface area contributed by atoms with Crippen LogP contribution in [0.2, 0.25) is 10.0 Å². The Labute approximate surface area is 136 Å². The molecule has 0 spiro atoms. The van der Waals surface area contributed by atoms with Crippen molar-refractivity contribution in [3.8, 4) is 0 Å². The molecule has 0 saturated carbocycles. The summed E-state index contributed by atoms with van der Waals surface area (Å²) in [6.07, 6.45) is 0.394. The monoisotopic (exact) mass is 375 g/mol. The third-order valence-electron chi connectivity index (χ3n) is 3.14. The first kappa shape index (κ1) is 15.8. The smallest absolute Gasteiger partial charge is 0.142 e. The molecule has 0 aliphatic carbocycles. The fourth-order valence-electron chi connectivity index (χ4n) is 2.13. The van der Waals surface area contributed by atoms with Gasteiger partial charge in [0.2, 0.25) is 0 Å². The maximum Gasteiger partial charge on any atom is 0.142 e. The Morgan fingerprint density at radius 3 is 2.60 bits per heavy atom. The Morgan fingerprint density at radius 2 is 1.95 bits per heavy atom. The molecule has 20 heavy (non-hydrogen) atoms. The van der Waals surface area contributed by atoms with Crippen LogP contribution in [-0.4, -0.2) is 0 Å². The second kappa shape index (κ2) is 6.02. The second-order valence-corrected chi connectivity index (χ2v) is 6.63. The molecule has 0 saturated heterocycles. The normalized spacial score (nSPS) is 14.1. The molecule has 0 aliphatic rings. The summed E-state index contributed by atoms with van der Waals surface area (Å²) in [5, 5.41) is 0.675. The minimum Gasteiger partial charge on any atom is -0.321 e. The molecule has 2 rings (SSSR count). The molecular formula is C15H13BrCl2FN. The highest BCUT2D eigenvalue weighted by Crippen LogP contribution is 2.33. The summed E-state index contributed by atoms with van der Waals surface area (Å²) in [5.41, 5.74) is 7.08. The van der Waals surface area contributed by atoms with Crippen molar-refractivity contribution in [2.24, 2.45) is 5.73 Å². The zero-order valence-electron chi connectivity index (χ0n) is 10.8.